The molecule has 0 radical (unpaired) electrons. The predicted molar refractivity (Wildman–Crippen MR) is 40.6 cm³/mol. The lowest BCUT2D eigenvalue weighted by molar-refractivity contribution is 0.133. The zero-order valence-corrected chi connectivity index (χ0v) is 6.26. The van der Waals surface area contributed by atoms with Gasteiger partial charge in [0, 0.05) is 13.7 Å². The maximum atomic E-state index is 5.63. The van der Waals surface area contributed by atoms with Crippen molar-refractivity contribution in [2.75, 3.05) is 20.2 Å². The number of methoxy groups -OCH3 is 1. The van der Waals surface area contributed by atoms with E-state index in [4.69, 9.17) is 10.5 Å². The molecule has 0 amide bonds. The van der Waals surface area contributed by atoms with Gasteiger partial charge in [-0.2, -0.15) is 0 Å². The van der Waals surface area contributed by atoms with Crippen molar-refractivity contribution < 1.29 is 4.74 Å². The quantitative estimate of drug-likeness (QED) is 0.416. The maximum absolute atomic E-state index is 5.63. The lowest BCUT2D eigenvalue weighted by Gasteiger charge is -2.18. The van der Waals surface area contributed by atoms with E-state index in [1.54, 1.807) is 7.11 Å². The van der Waals surface area contributed by atoms with Gasteiger partial charge in [-0.05, 0) is 18.5 Å². The van der Waals surface area contributed by atoms with E-state index >= 15 is 0 Å². The molecule has 1 unspecified atom stereocenters. The van der Waals surface area contributed by atoms with Gasteiger partial charge in [-0.25, -0.2) is 0 Å². The predicted octanol–water partition coefficient (Wildman–Crippen LogP) is -0.163. The molecule has 0 aromatic rings. The molecule has 0 aliphatic carbocycles. The molecule has 0 fully saturated rings. The van der Waals surface area contributed by atoms with Crippen LogP contribution in [0.2, 0.25) is 0 Å². The zero-order chi connectivity index (χ0) is 7.40. The van der Waals surface area contributed by atoms with Gasteiger partial charge in [0.15, 0.2) is 0 Å². The molecule has 10 heavy (non-hydrogen) atoms. The van der Waals surface area contributed by atoms with Crippen molar-refractivity contribution in [3.63, 3.8) is 0 Å². The highest BCUT2D eigenvalue weighted by Crippen LogP contribution is 2.07. The molecular weight excluding hydrogens is 128 g/mol. The second-order valence-corrected chi connectivity index (χ2v) is 2.39. The lowest BCUT2D eigenvalue weighted by atomic mass is 10.1. The summed E-state index contributed by atoms with van der Waals surface area (Å²) in [4.78, 5) is 0. The monoisotopic (exact) mass is 142 g/mol. The van der Waals surface area contributed by atoms with Crippen LogP contribution in [0.25, 0.3) is 0 Å². The van der Waals surface area contributed by atoms with Gasteiger partial charge in [-0.1, -0.05) is 6.08 Å². The summed E-state index contributed by atoms with van der Waals surface area (Å²) in [5.74, 6) is 0. The molecule has 3 heteroatoms. The van der Waals surface area contributed by atoms with Crippen molar-refractivity contribution in [1.29, 1.82) is 0 Å². The minimum atomic E-state index is -0.193. The third-order valence-corrected chi connectivity index (χ3v) is 1.72. The van der Waals surface area contributed by atoms with Gasteiger partial charge in [0.25, 0.3) is 0 Å². The molecule has 1 aliphatic heterocycles. The van der Waals surface area contributed by atoms with E-state index in [2.05, 4.69) is 11.4 Å². The Hall–Kier alpha value is -0.380. The highest BCUT2D eigenvalue weighted by Gasteiger charge is 2.09. The van der Waals surface area contributed by atoms with Crippen LogP contribution >= 0.6 is 0 Å². The van der Waals surface area contributed by atoms with Gasteiger partial charge in [-0.15, -0.1) is 0 Å². The largest absolute Gasteiger partial charge is 0.363 e. The fourth-order valence-electron chi connectivity index (χ4n) is 1.05. The fraction of sp³-hybridized carbons (Fsp3) is 0.714. The second kappa shape index (κ2) is 3.71. The smallest absolute Gasteiger partial charge is 0.127 e. The summed E-state index contributed by atoms with van der Waals surface area (Å²) in [5, 5.41) is 3.21. The fourth-order valence-corrected chi connectivity index (χ4v) is 1.05. The van der Waals surface area contributed by atoms with Crippen LogP contribution in [-0.4, -0.2) is 26.4 Å². The van der Waals surface area contributed by atoms with Crippen molar-refractivity contribution in [1.82, 2.24) is 5.32 Å². The Labute approximate surface area is 61.2 Å². The van der Waals surface area contributed by atoms with E-state index in [0.29, 0.717) is 0 Å². The molecule has 3 N–H and O–H groups in total. The van der Waals surface area contributed by atoms with E-state index in [1.165, 1.54) is 5.57 Å². The summed E-state index contributed by atoms with van der Waals surface area (Å²) in [6, 6.07) is 0. The Kier molecular flexibility index (Phi) is 2.86. The molecule has 0 aromatic heterocycles. The minimum Gasteiger partial charge on any atom is -0.363 e. The van der Waals surface area contributed by atoms with Crippen molar-refractivity contribution in [2.24, 2.45) is 5.73 Å². The molecule has 1 aliphatic rings. The molecule has 58 valence electrons. The highest BCUT2D eigenvalue weighted by atomic mass is 16.5. The molecule has 1 heterocycles. The van der Waals surface area contributed by atoms with Gasteiger partial charge in [0.05, 0.1) is 0 Å². The molecule has 3 nitrogen and oxygen atoms in total. The van der Waals surface area contributed by atoms with Crippen LogP contribution in [-0.2, 0) is 4.74 Å². The third kappa shape index (κ3) is 1.80. The molecule has 0 aromatic carbocycles. The van der Waals surface area contributed by atoms with Crippen LogP contribution in [0.3, 0.4) is 0 Å². The average Bonchev–Trinajstić information content (AvgIpc) is 2.05. The van der Waals surface area contributed by atoms with Gasteiger partial charge in [0.2, 0.25) is 0 Å². The van der Waals surface area contributed by atoms with E-state index < -0.39 is 0 Å². The number of rotatable bonds is 2. The average molecular weight is 142 g/mol. The molecule has 1 atom stereocenters. The van der Waals surface area contributed by atoms with Crippen LogP contribution in [0.4, 0.5) is 0 Å². The lowest BCUT2D eigenvalue weighted by Crippen LogP contribution is -2.31. The molecule has 1 rings (SSSR count). The van der Waals surface area contributed by atoms with Gasteiger partial charge in [0.1, 0.15) is 6.23 Å². The topological polar surface area (TPSA) is 47.3 Å². The Bertz CT molecular complexity index is 134. The van der Waals surface area contributed by atoms with Crippen molar-refractivity contribution in [2.45, 2.75) is 12.6 Å². The standard InChI is InChI=1S/C7H14N2O/c1-10-7(8)6-2-4-9-5-3-6/h2,7,9H,3-5,8H2,1H3. The number of ether oxygens (including phenoxy) is 1. The first-order valence-corrected chi connectivity index (χ1v) is 3.52. The van der Waals surface area contributed by atoms with Gasteiger partial charge in [-0.3, -0.25) is 0 Å². The maximum Gasteiger partial charge on any atom is 0.127 e. The Morgan fingerprint density at radius 3 is 3.10 bits per heavy atom. The molecule has 0 saturated heterocycles. The molecular formula is C7H14N2O. The van der Waals surface area contributed by atoms with Crippen LogP contribution in [0.15, 0.2) is 11.6 Å². The van der Waals surface area contributed by atoms with Crippen LogP contribution < -0.4 is 11.1 Å². The SMILES string of the molecule is COC(N)C1=CCNCC1. The van der Waals surface area contributed by atoms with Crippen molar-refractivity contribution in [3.05, 3.63) is 11.6 Å². The van der Waals surface area contributed by atoms with Crippen molar-refractivity contribution in [3.8, 4) is 0 Å². The van der Waals surface area contributed by atoms with Gasteiger partial charge < -0.3 is 15.8 Å². The summed E-state index contributed by atoms with van der Waals surface area (Å²) in [6.45, 7) is 1.94. The summed E-state index contributed by atoms with van der Waals surface area (Å²) in [7, 11) is 1.63. The zero-order valence-electron chi connectivity index (χ0n) is 6.26. The highest BCUT2D eigenvalue weighted by molar-refractivity contribution is 5.10. The van der Waals surface area contributed by atoms with E-state index in [-0.39, 0.29) is 6.23 Å². The van der Waals surface area contributed by atoms with E-state index in [9.17, 15) is 0 Å². The van der Waals surface area contributed by atoms with Crippen LogP contribution in [0.5, 0.6) is 0 Å². The first-order chi connectivity index (χ1) is 4.84. The summed E-state index contributed by atoms with van der Waals surface area (Å²) < 4.78 is 4.97. The van der Waals surface area contributed by atoms with Crippen LogP contribution in [0.1, 0.15) is 6.42 Å². The van der Waals surface area contributed by atoms with Crippen LogP contribution in [0, 0.1) is 0 Å². The Balaban J connectivity index is 2.44. The van der Waals surface area contributed by atoms with Crippen molar-refractivity contribution >= 4 is 0 Å². The number of nitrogens with one attached hydrogen (secondary N) is 1. The summed E-state index contributed by atoms with van der Waals surface area (Å²) in [5.41, 5.74) is 6.84. The normalized spacial score (nSPS) is 22.0. The minimum absolute atomic E-state index is 0.193. The second-order valence-electron chi connectivity index (χ2n) is 2.39. The molecule has 0 saturated carbocycles. The summed E-state index contributed by atoms with van der Waals surface area (Å²) >= 11 is 0. The van der Waals surface area contributed by atoms with E-state index in [1.807, 2.05) is 0 Å². The number of hydrogen-bond donors (Lipinski definition) is 2. The number of hydrogen-bond acceptors (Lipinski definition) is 3. The first kappa shape index (κ1) is 7.72. The summed E-state index contributed by atoms with van der Waals surface area (Å²) in [6.07, 6.45) is 2.91. The Morgan fingerprint density at radius 2 is 2.60 bits per heavy atom. The van der Waals surface area contributed by atoms with Gasteiger partial charge >= 0.3 is 0 Å². The Morgan fingerprint density at radius 1 is 1.80 bits per heavy atom. The van der Waals surface area contributed by atoms with E-state index in [0.717, 1.165) is 19.5 Å². The molecule has 0 spiro atoms. The third-order valence-electron chi connectivity index (χ3n) is 1.72. The number of nitrogens with two attached hydrogens (primary N) is 1. The first-order valence-electron chi connectivity index (χ1n) is 3.52. The molecule has 0 bridgehead atoms.